The zero-order valence-electron chi connectivity index (χ0n) is 9.45. The number of rotatable bonds is 3. The average Bonchev–Trinajstić information content (AvgIpc) is 2.31. The standard InChI is InChI=1S/C13H19NO2/c15-9-12-2-1-11(8-13(12)16)7-10-3-5-14-6-4-10/h1-2,8,10,14-16H,3-7,9H2. The largest absolute Gasteiger partial charge is 0.508 e. The molecule has 1 aliphatic heterocycles. The second kappa shape index (κ2) is 5.32. The molecule has 1 aliphatic rings. The molecule has 3 nitrogen and oxygen atoms in total. The molecular formula is C13H19NO2. The van der Waals surface area contributed by atoms with Gasteiger partial charge >= 0.3 is 0 Å². The van der Waals surface area contributed by atoms with Crippen molar-refractivity contribution in [2.75, 3.05) is 13.1 Å². The summed E-state index contributed by atoms with van der Waals surface area (Å²) < 4.78 is 0. The van der Waals surface area contributed by atoms with E-state index in [0.29, 0.717) is 5.56 Å². The van der Waals surface area contributed by atoms with Gasteiger partial charge in [-0.3, -0.25) is 0 Å². The third-order valence-corrected chi connectivity index (χ3v) is 3.30. The number of aromatic hydroxyl groups is 1. The maximum absolute atomic E-state index is 9.65. The fourth-order valence-electron chi connectivity index (χ4n) is 2.29. The molecule has 1 aromatic carbocycles. The van der Waals surface area contributed by atoms with Gasteiger partial charge in [0.05, 0.1) is 6.61 Å². The van der Waals surface area contributed by atoms with Gasteiger partial charge in [-0.25, -0.2) is 0 Å². The molecule has 0 unspecified atom stereocenters. The van der Waals surface area contributed by atoms with Crippen LogP contribution in [0.1, 0.15) is 24.0 Å². The summed E-state index contributed by atoms with van der Waals surface area (Å²) in [4.78, 5) is 0. The van der Waals surface area contributed by atoms with Crippen LogP contribution in [-0.2, 0) is 13.0 Å². The summed E-state index contributed by atoms with van der Waals surface area (Å²) in [6, 6.07) is 5.60. The molecule has 3 heteroatoms. The number of piperidine rings is 1. The van der Waals surface area contributed by atoms with Crippen molar-refractivity contribution in [1.29, 1.82) is 0 Å². The molecule has 1 fully saturated rings. The Morgan fingerprint density at radius 2 is 2.00 bits per heavy atom. The maximum Gasteiger partial charge on any atom is 0.121 e. The summed E-state index contributed by atoms with van der Waals surface area (Å²) in [5, 5.41) is 22.0. The molecule has 1 saturated heterocycles. The third kappa shape index (κ3) is 2.74. The molecule has 3 N–H and O–H groups in total. The van der Waals surface area contributed by atoms with Gasteiger partial charge in [0, 0.05) is 5.56 Å². The first kappa shape index (κ1) is 11.4. The minimum Gasteiger partial charge on any atom is -0.508 e. The lowest BCUT2D eigenvalue weighted by atomic mass is 9.90. The Labute approximate surface area is 96.1 Å². The fraction of sp³-hybridized carbons (Fsp3) is 0.538. The summed E-state index contributed by atoms with van der Waals surface area (Å²) in [5.74, 6) is 0.939. The van der Waals surface area contributed by atoms with E-state index in [4.69, 9.17) is 5.11 Å². The highest BCUT2D eigenvalue weighted by Gasteiger charge is 2.14. The van der Waals surface area contributed by atoms with E-state index in [-0.39, 0.29) is 12.4 Å². The molecule has 1 aromatic rings. The predicted molar refractivity (Wildman–Crippen MR) is 63.3 cm³/mol. The van der Waals surface area contributed by atoms with Crippen molar-refractivity contribution in [2.24, 2.45) is 5.92 Å². The molecule has 0 spiro atoms. The van der Waals surface area contributed by atoms with Crippen LogP contribution in [0, 0.1) is 5.92 Å². The summed E-state index contributed by atoms with van der Waals surface area (Å²) in [6.45, 7) is 2.11. The zero-order valence-corrected chi connectivity index (χ0v) is 9.45. The molecule has 0 aromatic heterocycles. The zero-order chi connectivity index (χ0) is 11.4. The summed E-state index contributed by atoms with van der Waals surface area (Å²) in [6.07, 6.45) is 3.45. The van der Waals surface area contributed by atoms with Gasteiger partial charge in [0.1, 0.15) is 5.75 Å². The SMILES string of the molecule is OCc1ccc(CC2CCNCC2)cc1O. The Kier molecular flexibility index (Phi) is 3.80. The Bertz CT molecular complexity index is 346. The van der Waals surface area contributed by atoms with Crippen LogP contribution >= 0.6 is 0 Å². The minimum atomic E-state index is -0.0978. The van der Waals surface area contributed by atoms with Gasteiger partial charge in [0.2, 0.25) is 0 Å². The summed E-state index contributed by atoms with van der Waals surface area (Å²) in [5.41, 5.74) is 1.77. The highest BCUT2D eigenvalue weighted by atomic mass is 16.3. The predicted octanol–water partition coefficient (Wildman–Crippen LogP) is 1.43. The van der Waals surface area contributed by atoms with Gasteiger partial charge < -0.3 is 15.5 Å². The lowest BCUT2D eigenvalue weighted by Crippen LogP contribution is -2.28. The molecule has 0 saturated carbocycles. The average molecular weight is 221 g/mol. The molecule has 2 rings (SSSR count). The van der Waals surface area contributed by atoms with Gasteiger partial charge in [-0.15, -0.1) is 0 Å². The Hall–Kier alpha value is -1.06. The number of aliphatic hydroxyl groups is 1. The van der Waals surface area contributed by atoms with Crippen molar-refractivity contribution in [2.45, 2.75) is 25.9 Å². The van der Waals surface area contributed by atoms with E-state index < -0.39 is 0 Å². The van der Waals surface area contributed by atoms with Crippen molar-refractivity contribution >= 4 is 0 Å². The molecular weight excluding hydrogens is 202 g/mol. The highest BCUT2D eigenvalue weighted by molar-refractivity contribution is 5.36. The second-order valence-electron chi connectivity index (χ2n) is 4.52. The van der Waals surface area contributed by atoms with Gasteiger partial charge in [-0.1, -0.05) is 12.1 Å². The quantitative estimate of drug-likeness (QED) is 0.723. The lowest BCUT2D eigenvalue weighted by molar-refractivity contribution is 0.275. The van der Waals surface area contributed by atoms with Gasteiger partial charge in [0.15, 0.2) is 0 Å². The van der Waals surface area contributed by atoms with Crippen LogP contribution < -0.4 is 5.32 Å². The van der Waals surface area contributed by atoms with Crippen LogP contribution in [0.2, 0.25) is 0 Å². The summed E-state index contributed by atoms with van der Waals surface area (Å²) in [7, 11) is 0. The van der Waals surface area contributed by atoms with Crippen molar-refractivity contribution in [1.82, 2.24) is 5.32 Å². The fourth-order valence-corrected chi connectivity index (χ4v) is 2.29. The van der Waals surface area contributed by atoms with E-state index in [1.165, 1.54) is 18.4 Å². The first-order valence-corrected chi connectivity index (χ1v) is 5.92. The number of hydrogen-bond donors (Lipinski definition) is 3. The first-order chi connectivity index (χ1) is 7.79. The Morgan fingerprint density at radius 1 is 1.25 bits per heavy atom. The van der Waals surface area contributed by atoms with Gasteiger partial charge in [-0.2, -0.15) is 0 Å². The number of aliphatic hydroxyl groups excluding tert-OH is 1. The molecule has 88 valence electrons. The summed E-state index contributed by atoms with van der Waals surface area (Å²) >= 11 is 0. The molecule has 0 amide bonds. The van der Waals surface area contributed by atoms with Crippen molar-refractivity contribution in [3.8, 4) is 5.75 Å². The Balaban J connectivity index is 2.01. The maximum atomic E-state index is 9.65. The highest BCUT2D eigenvalue weighted by Crippen LogP contribution is 2.23. The van der Waals surface area contributed by atoms with E-state index in [0.717, 1.165) is 25.4 Å². The van der Waals surface area contributed by atoms with E-state index in [9.17, 15) is 5.11 Å². The van der Waals surface area contributed by atoms with Crippen LogP contribution in [0.5, 0.6) is 5.75 Å². The Morgan fingerprint density at radius 3 is 2.62 bits per heavy atom. The van der Waals surface area contributed by atoms with Gasteiger partial charge in [0.25, 0.3) is 0 Å². The topological polar surface area (TPSA) is 52.5 Å². The normalized spacial score (nSPS) is 17.6. The smallest absolute Gasteiger partial charge is 0.121 e. The number of benzene rings is 1. The van der Waals surface area contributed by atoms with Crippen LogP contribution in [-0.4, -0.2) is 23.3 Å². The van der Waals surface area contributed by atoms with Gasteiger partial charge in [-0.05, 0) is 49.9 Å². The van der Waals surface area contributed by atoms with Crippen molar-refractivity contribution in [3.05, 3.63) is 29.3 Å². The van der Waals surface area contributed by atoms with E-state index in [2.05, 4.69) is 5.32 Å². The molecule has 0 aliphatic carbocycles. The van der Waals surface area contributed by atoms with Crippen molar-refractivity contribution in [3.63, 3.8) is 0 Å². The molecule has 0 bridgehead atoms. The van der Waals surface area contributed by atoms with E-state index >= 15 is 0 Å². The third-order valence-electron chi connectivity index (χ3n) is 3.30. The van der Waals surface area contributed by atoms with Crippen LogP contribution in [0.25, 0.3) is 0 Å². The van der Waals surface area contributed by atoms with Crippen LogP contribution in [0.15, 0.2) is 18.2 Å². The molecule has 16 heavy (non-hydrogen) atoms. The number of nitrogens with one attached hydrogen (secondary N) is 1. The monoisotopic (exact) mass is 221 g/mol. The van der Waals surface area contributed by atoms with E-state index in [1.807, 2.05) is 12.1 Å². The minimum absolute atomic E-state index is 0.0978. The number of hydrogen-bond acceptors (Lipinski definition) is 3. The van der Waals surface area contributed by atoms with Crippen molar-refractivity contribution < 1.29 is 10.2 Å². The molecule has 0 radical (unpaired) electrons. The van der Waals surface area contributed by atoms with Crippen LogP contribution in [0.4, 0.5) is 0 Å². The van der Waals surface area contributed by atoms with Crippen LogP contribution in [0.3, 0.4) is 0 Å². The number of phenols is 1. The first-order valence-electron chi connectivity index (χ1n) is 5.92. The molecule has 1 heterocycles. The second-order valence-corrected chi connectivity index (χ2v) is 4.52. The molecule has 0 atom stereocenters. The lowest BCUT2D eigenvalue weighted by Gasteiger charge is -2.22. The van der Waals surface area contributed by atoms with E-state index in [1.54, 1.807) is 6.07 Å².